The predicted octanol–water partition coefficient (Wildman–Crippen LogP) is 5.25. The second-order valence-electron chi connectivity index (χ2n) is 10.6. The summed E-state index contributed by atoms with van der Waals surface area (Å²) < 4.78 is 12.4. The van der Waals surface area contributed by atoms with Gasteiger partial charge in [0, 0.05) is 24.8 Å². The van der Waals surface area contributed by atoms with Crippen molar-refractivity contribution in [3.05, 3.63) is 41.7 Å². The van der Waals surface area contributed by atoms with Gasteiger partial charge >= 0.3 is 0 Å². The summed E-state index contributed by atoms with van der Waals surface area (Å²) in [5.41, 5.74) is 1.97. The molecule has 2 aromatic heterocycles. The molecule has 0 saturated heterocycles. The van der Waals surface area contributed by atoms with Gasteiger partial charge in [0.15, 0.2) is 11.5 Å². The van der Waals surface area contributed by atoms with Gasteiger partial charge in [-0.25, -0.2) is 9.97 Å². The number of Topliss-reactive ketones (excluding diaryl/α,β-unsaturated/α-hetero) is 1. The number of aliphatic hydroxyl groups is 1. The minimum absolute atomic E-state index is 0.0128. The number of rotatable bonds is 11. The number of furan rings is 1. The van der Waals surface area contributed by atoms with E-state index < -0.39 is 14.1 Å². The summed E-state index contributed by atoms with van der Waals surface area (Å²) in [6, 6.07) is 1.43. The Morgan fingerprint density at radius 1 is 1.17 bits per heavy atom. The molecule has 1 aliphatic rings. The molecule has 2 N–H and O–H groups in total. The SMILES string of the molecule is CC(=O)c1coc(C(=O)c2cncnc2N[C@@H]2C[C@H](CO)[C@@H](O[Si](C(C)C)(C(C)C)C(C)C)C2)c1. The van der Waals surface area contributed by atoms with Crippen LogP contribution in [0.15, 0.2) is 29.3 Å². The Morgan fingerprint density at radius 3 is 2.37 bits per heavy atom. The second kappa shape index (κ2) is 11.1. The summed E-state index contributed by atoms with van der Waals surface area (Å²) in [6.45, 7) is 15.0. The Morgan fingerprint density at radius 2 is 1.83 bits per heavy atom. The number of aliphatic hydroxyl groups excluding tert-OH is 1. The number of aromatic nitrogens is 2. The predicted molar refractivity (Wildman–Crippen MR) is 137 cm³/mol. The molecule has 2 heterocycles. The molecule has 8 nitrogen and oxygen atoms in total. The van der Waals surface area contributed by atoms with Crippen LogP contribution in [0.25, 0.3) is 0 Å². The highest BCUT2D eigenvalue weighted by atomic mass is 28.4. The molecule has 0 amide bonds. The van der Waals surface area contributed by atoms with Crippen molar-refractivity contribution in [1.29, 1.82) is 0 Å². The van der Waals surface area contributed by atoms with Gasteiger partial charge in [-0.2, -0.15) is 0 Å². The largest absolute Gasteiger partial charge is 0.460 e. The maximum absolute atomic E-state index is 13.1. The monoisotopic (exact) mass is 501 g/mol. The standard InChI is InChI=1S/C26H39N3O5Si/c1-15(2)35(16(3)4,17(5)6)34-23-10-21(8-19(23)12-30)29-26-22(11-27-14-28-26)25(32)24-9-20(13-33-24)18(7)31/h9,11,13-17,19,21,23,30H,8,10,12H2,1-7H3,(H,27,28,29)/t19-,21-,23+/m1/s1. The van der Waals surface area contributed by atoms with Crippen molar-refractivity contribution in [2.45, 2.75) is 90.1 Å². The molecule has 0 unspecified atom stereocenters. The number of nitrogens with zero attached hydrogens (tertiary/aromatic N) is 2. The molecule has 3 atom stereocenters. The lowest BCUT2D eigenvalue weighted by Gasteiger charge is -2.45. The molecule has 0 aromatic carbocycles. The van der Waals surface area contributed by atoms with Gasteiger partial charge in [0.1, 0.15) is 18.4 Å². The summed E-state index contributed by atoms with van der Waals surface area (Å²) in [4.78, 5) is 33.0. The molecule has 1 aliphatic carbocycles. The third kappa shape index (κ3) is 5.57. The van der Waals surface area contributed by atoms with E-state index in [1.54, 1.807) is 0 Å². The highest BCUT2D eigenvalue weighted by Crippen LogP contribution is 2.46. The van der Waals surface area contributed by atoms with Crippen LogP contribution in [0.1, 0.15) is 87.8 Å². The van der Waals surface area contributed by atoms with Crippen molar-refractivity contribution in [3.8, 4) is 0 Å². The molecule has 35 heavy (non-hydrogen) atoms. The van der Waals surface area contributed by atoms with Gasteiger partial charge in [0.2, 0.25) is 14.1 Å². The van der Waals surface area contributed by atoms with Gasteiger partial charge in [-0.3, -0.25) is 9.59 Å². The molecule has 0 bridgehead atoms. The van der Waals surface area contributed by atoms with Crippen LogP contribution in [-0.2, 0) is 4.43 Å². The van der Waals surface area contributed by atoms with Gasteiger partial charge in [0.25, 0.3) is 0 Å². The number of hydrogen-bond donors (Lipinski definition) is 2. The molecule has 2 aromatic rings. The average molecular weight is 502 g/mol. The number of carbonyl (C=O) groups excluding carboxylic acids is 2. The zero-order valence-corrected chi connectivity index (χ0v) is 22.9. The third-order valence-corrected chi connectivity index (χ3v) is 13.6. The Hall–Kier alpha value is -2.36. The zero-order chi connectivity index (χ0) is 25.9. The van der Waals surface area contributed by atoms with Crippen molar-refractivity contribution in [2.75, 3.05) is 11.9 Å². The maximum atomic E-state index is 13.1. The van der Waals surface area contributed by atoms with Gasteiger partial charge in [-0.1, -0.05) is 41.5 Å². The van der Waals surface area contributed by atoms with Crippen molar-refractivity contribution in [1.82, 2.24) is 9.97 Å². The first-order chi connectivity index (χ1) is 16.5. The first-order valence-electron chi connectivity index (χ1n) is 12.5. The van der Waals surface area contributed by atoms with E-state index in [2.05, 4.69) is 56.8 Å². The minimum atomic E-state index is -2.11. The molecule has 3 rings (SSSR count). The number of ketones is 2. The van der Waals surface area contributed by atoms with E-state index in [9.17, 15) is 14.7 Å². The Kier molecular flexibility index (Phi) is 8.66. The van der Waals surface area contributed by atoms with Crippen LogP contribution in [0, 0.1) is 5.92 Å². The topological polar surface area (TPSA) is 115 Å². The smallest absolute Gasteiger partial charge is 0.233 e. The number of anilines is 1. The summed E-state index contributed by atoms with van der Waals surface area (Å²) >= 11 is 0. The summed E-state index contributed by atoms with van der Waals surface area (Å²) in [5, 5.41) is 13.6. The summed E-state index contributed by atoms with van der Waals surface area (Å²) in [7, 11) is -2.11. The third-order valence-electron chi connectivity index (χ3n) is 7.45. The normalized spacial score (nSPS) is 20.7. The van der Waals surface area contributed by atoms with Crippen LogP contribution in [0.5, 0.6) is 0 Å². The van der Waals surface area contributed by atoms with E-state index in [4.69, 9.17) is 8.84 Å². The first-order valence-corrected chi connectivity index (χ1v) is 14.6. The number of carbonyl (C=O) groups is 2. The highest BCUT2D eigenvalue weighted by Gasteiger charge is 2.49. The fraction of sp³-hybridized carbons (Fsp3) is 0.615. The average Bonchev–Trinajstić information content (AvgIpc) is 3.44. The van der Waals surface area contributed by atoms with E-state index in [0.717, 1.165) is 6.42 Å². The van der Waals surface area contributed by atoms with Crippen LogP contribution in [0.2, 0.25) is 16.6 Å². The minimum Gasteiger partial charge on any atom is -0.460 e. The quantitative estimate of drug-likeness (QED) is 0.317. The Bertz CT molecular complexity index is 1010. The van der Waals surface area contributed by atoms with Crippen molar-refractivity contribution in [3.63, 3.8) is 0 Å². The van der Waals surface area contributed by atoms with Crippen molar-refractivity contribution >= 4 is 25.7 Å². The maximum Gasteiger partial charge on any atom is 0.233 e. The Labute approximate surface area is 209 Å². The number of nitrogens with one attached hydrogen (secondary N) is 1. The molecule has 0 radical (unpaired) electrons. The molecule has 1 fully saturated rings. The lowest BCUT2D eigenvalue weighted by Crippen LogP contribution is -2.51. The van der Waals surface area contributed by atoms with Crippen molar-refractivity contribution in [2.24, 2.45) is 5.92 Å². The van der Waals surface area contributed by atoms with E-state index in [1.165, 1.54) is 31.8 Å². The van der Waals surface area contributed by atoms with Crippen LogP contribution < -0.4 is 5.32 Å². The van der Waals surface area contributed by atoms with Gasteiger partial charge in [-0.05, 0) is 42.5 Å². The van der Waals surface area contributed by atoms with Gasteiger partial charge in [0.05, 0.1) is 17.2 Å². The molecular formula is C26H39N3O5Si. The summed E-state index contributed by atoms with van der Waals surface area (Å²) in [6.07, 6.45) is 5.51. The van der Waals surface area contributed by atoms with E-state index in [1.807, 2.05) is 0 Å². The van der Waals surface area contributed by atoms with Gasteiger partial charge in [-0.15, -0.1) is 0 Å². The summed E-state index contributed by atoms with van der Waals surface area (Å²) in [5.74, 6) is -0.0780. The van der Waals surface area contributed by atoms with E-state index >= 15 is 0 Å². The van der Waals surface area contributed by atoms with E-state index in [0.29, 0.717) is 34.4 Å². The number of hydrogen-bond acceptors (Lipinski definition) is 8. The fourth-order valence-electron chi connectivity index (χ4n) is 5.79. The van der Waals surface area contributed by atoms with Gasteiger partial charge < -0.3 is 19.3 Å². The van der Waals surface area contributed by atoms with E-state index in [-0.39, 0.29) is 41.8 Å². The molecule has 0 spiro atoms. The van der Waals surface area contributed by atoms with Crippen LogP contribution in [0.3, 0.4) is 0 Å². The molecule has 9 heteroatoms. The van der Waals surface area contributed by atoms with Crippen molar-refractivity contribution < 1.29 is 23.5 Å². The first kappa shape index (κ1) is 27.2. The molecule has 192 valence electrons. The Balaban J connectivity index is 1.81. The molecule has 0 aliphatic heterocycles. The molecule has 1 saturated carbocycles. The second-order valence-corrected chi connectivity index (χ2v) is 16.0. The fourth-order valence-corrected chi connectivity index (χ4v) is 11.4. The van der Waals surface area contributed by atoms with Crippen LogP contribution >= 0.6 is 0 Å². The lowest BCUT2D eigenvalue weighted by molar-refractivity contribution is 0.0941. The van der Waals surface area contributed by atoms with Crippen LogP contribution in [-0.4, -0.2) is 53.7 Å². The highest BCUT2D eigenvalue weighted by molar-refractivity contribution is 6.77. The zero-order valence-electron chi connectivity index (χ0n) is 21.9. The van der Waals surface area contributed by atoms with Crippen LogP contribution in [0.4, 0.5) is 5.82 Å². The molecular weight excluding hydrogens is 462 g/mol. The lowest BCUT2D eigenvalue weighted by atomic mass is 10.1.